The van der Waals surface area contributed by atoms with Crippen molar-refractivity contribution < 1.29 is 4.42 Å². The van der Waals surface area contributed by atoms with E-state index in [1.54, 1.807) is 11.8 Å². The van der Waals surface area contributed by atoms with Crippen LogP contribution in [0.2, 0.25) is 0 Å². The van der Waals surface area contributed by atoms with Gasteiger partial charge in [-0.05, 0) is 26.0 Å². The Morgan fingerprint density at radius 1 is 1.64 bits per heavy atom. The maximum Gasteiger partial charge on any atom is 0.157 e. The molecule has 1 fully saturated rings. The van der Waals surface area contributed by atoms with Gasteiger partial charge in [-0.25, -0.2) is 0 Å². The van der Waals surface area contributed by atoms with Gasteiger partial charge >= 0.3 is 0 Å². The molecule has 2 heterocycles. The topological polar surface area (TPSA) is 37.5 Å². The molecule has 1 atom stereocenters. The Hall–Kier alpha value is -0.900. The second kappa shape index (κ2) is 4.09. The van der Waals surface area contributed by atoms with Crippen LogP contribution in [-0.2, 0) is 6.54 Å². The molecule has 1 unspecified atom stereocenters. The summed E-state index contributed by atoms with van der Waals surface area (Å²) in [6, 6.07) is 4.48. The second-order valence-corrected chi connectivity index (χ2v) is 4.50. The van der Waals surface area contributed by atoms with Crippen molar-refractivity contribution in [1.82, 2.24) is 5.32 Å². The van der Waals surface area contributed by atoms with Crippen molar-refractivity contribution in [2.75, 3.05) is 5.75 Å². The van der Waals surface area contributed by atoms with Crippen molar-refractivity contribution in [3.05, 3.63) is 23.7 Å². The summed E-state index contributed by atoms with van der Waals surface area (Å²) in [5.74, 6) is 2.98. The van der Waals surface area contributed by atoms with E-state index in [0.29, 0.717) is 12.6 Å². The molecule has 2 rings (SSSR count). The summed E-state index contributed by atoms with van der Waals surface area (Å²) in [5, 5.41) is 4.34. The molecular weight excluding hydrogens is 196 g/mol. The van der Waals surface area contributed by atoms with Gasteiger partial charge in [0.25, 0.3) is 0 Å². The van der Waals surface area contributed by atoms with Crippen LogP contribution in [0.25, 0.3) is 0 Å². The summed E-state index contributed by atoms with van der Waals surface area (Å²) in [5.41, 5.74) is 0. The molecule has 0 spiro atoms. The van der Waals surface area contributed by atoms with E-state index >= 15 is 0 Å². The predicted molar refractivity (Wildman–Crippen MR) is 59.6 cm³/mol. The highest BCUT2D eigenvalue weighted by atomic mass is 32.2. The van der Waals surface area contributed by atoms with Gasteiger partial charge in [-0.1, -0.05) is 11.8 Å². The molecule has 0 amide bonds. The van der Waals surface area contributed by atoms with Crippen LogP contribution in [-0.4, -0.2) is 17.0 Å². The van der Waals surface area contributed by atoms with E-state index in [1.165, 1.54) is 0 Å². The molecule has 0 saturated carbocycles. The molecule has 14 heavy (non-hydrogen) atoms. The lowest BCUT2D eigenvalue weighted by Crippen LogP contribution is -2.23. The molecule has 0 bridgehead atoms. The molecule has 1 saturated heterocycles. The first kappa shape index (κ1) is 9.65. The molecule has 1 aromatic heterocycles. The minimum Gasteiger partial charge on any atom is -0.464 e. The third-order valence-electron chi connectivity index (χ3n) is 2.01. The van der Waals surface area contributed by atoms with Crippen LogP contribution in [0.1, 0.15) is 18.4 Å². The third kappa shape index (κ3) is 2.32. The quantitative estimate of drug-likeness (QED) is 0.813. The molecular formula is C10H14N2OS. The molecule has 0 aliphatic carbocycles. The van der Waals surface area contributed by atoms with Crippen molar-refractivity contribution in [2.24, 2.45) is 4.99 Å². The molecule has 1 aliphatic heterocycles. The van der Waals surface area contributed by atoms with Gasteiger partial charge in [0, 0.05) is 11.8 Å². The van der Waals surface area contributed by atoms with E-state index in [9.17, 15) is 0 Å². The van der Waals surface area contributed by atoms with Gasteiger partial charge in [-0.2, -0.15) is 0 Å². The lowest BCUT2D eigenvalue weighted by Gasteiger charge is -1.99. The number of aryl methyl sites for hydroxylation is 1. The van der Waals surface area contributed by atoms with Crippen LogP contribution < -0.4 is 5.32 Å². The number of hydrogen-bond donors (Lipinski definition) is 1. The Kier molecular flexibility index (Phi) is 2.82. The first-order valence-electron chi connectivity index (χ1n) is 4.73. The number of nitrogens with zero attached hydrogens (tertiary/aromatic N) is 1. The molecule has 1 N–H and O–H groups in total. The standard InChI is InChI=1S/C10H14N2OS/c1-7-6-14-10(12-7)11-5-9-4-3-8(2)13-9/h3-4,7H,5-6H2,1-2H3,(H,11,12). The summed E-state index contributed by atoms with van der Waals surface area (Å²) in [6.45, 7) is 4.74. The number of aliphatic imine (C=N–C) groups is 1. The number of hydrogen-bond acceptors (Lipinski definition) is 3. The third-order valence-corrected chi connectivity index (χ3v) is 3.20. The zero-order valence-electron chi connectivity index (χ0n) is 8.41. The van der Waals surface area contributed by atoms with Crippen molar-refractivity contribution in [3.63, 3.8) is 0 Å². The highest BCUT2D eigenvalue weighted by molar-refractivity contribution is 8.14. The molecule has 4 heteroatoms. The predicted octanol–water partition coefficient (Wildman–Crippen LogP) is 2.17. The summed E-state index contributed by atoms with van der Waals surface area (Å²) in [7, 11) is 0. The van der Waals surface area contributed by atoms with Crippen molar-refractivity contribution in [1.29, 1.82) is 0 Å². The Balaban J connectivity index is 1.93. The first-order valence-corrected chi connectivity index (χ1v) is 5.71. The minimum atomic E-state index is 0.539. The fraction of sp³-hybridized carbons (Fsp3) is 0.500. The average molecular weight is 210 g/mol. The second-order valence-electron chi connectivity index (χ2n) is 3.49. The normalized spacial score (nSPS) is 24.1. The summed E-state index contributed by atoms with van der Waals surface area (Å²) in [6.07, 6.45) is 0. The van der Waals surface area contributed by atoms with Gasteiger partial charge in [0.15, 0.2) is 5.17 Å². The molecule has 1 aliphatic rings. The maximum absolute atomic E-state index is 5.43. The minimum absolute atomic E-state index is 0.539. The number of nitrogens with one attached hydrogen (secondary N) is 1. The average Bonchev–Trinajstić information content (AvgIpc) is 2.72. The van der Waals surface area contributed by atoms with Crippen LogP contribution in [0.5, 0.6) is 0 Å². The van der Waals surface area contributed by atoms with Crippen molar-refractivity contribution in [2.45, 2.75) is 26.4 Å². The SMILES string of the molecule is Cc1ccc(CN=C2NC(C)CS2)o1. The lowest BCUT2D eigenvalue weighted by molar-refractivity contribution is 0.486. The molecule has 1 aromatic rings. The highest BCUT2D eigenvalue weighted by Crippen LogP contribution is 2.14. The Morgan fingerprint density at radius 2 is 2.50 bits per heavy atom. The van der Waals surface area contributed by atoms with Crippen LogP contribution >= 0.6 is 11.8 Å². The van der Waals surface area contributed by atoms with Gasteiger partial charge in [0.05, 0.1) is 6.54 Å². The van der Waals surface area contributed by atoms with Crippen LogP contribution in [0.4, 0.5) is 0 Å². The molecule has 76 valence electrons. The lowest BCUT2D eigenvalue weighted by atomic mass is 10.4. The summed E-state index contributed by atoms with van der Waals surface area (Å²) < 4.78 is 5.43. The van der Waals surface area contributed by atoms with E-state index < -0.39 is 0 Å². The highest BCUT2D eigenvalue weighted by Gasteiger charge is 2.14. The summed E-state index contributed by atoms with van der Waals surface area (Å²) in [4.78, 5) is 4.43. The van der Waals surface area contributed by atoms with Gasteiger partial charge < -0.3 is 9.73 Å². The molecule has 3 nitrogen and oxygen atoms in total. The van der Waals surface area contributed by atoms with Gasteiger partial charge in [-0.15, -0.1) is 0 Å². The maximum atomic E-state index is 5.43. The monoisotopic (exact) mass is 210 g/mol. The number of amidine groups is 1. The van der Waals surface area contributed by atoms with E-state index in [4.69, 9.17) is 4.42 Å². The number of furan rings is 1. The van der Waals surface area contributed by atoms with Gasteiger partial charge in [-0.3, -0.25) is 4.99 Å². The zero-order valence-corrected chi connectivity index (χ0v) is 9.23. The fourth-order valence-electron chi connectivity index (χ4n) is 1.31. The number of rotatable bonds is 2. The van der Waals surface area contributed by atoms with Crippen molar-refractivity contribution >= 4 is 16.9 Å². The van der Waals surface area contributed by atoms with E-state index in [-0.39, 0.29) is 0 Å². The van der Waals surface area contributed by atoms with Gasteiger partial charge in [0.1, 0.15) is 11.5 Å². The molecule has 0 radical (unpaired) electrons. The largest absolute Gasteiger partial charge is 0.464 e. The summed E-state index contributed by atoms with van der Waals surface area (Å²) >= 11 is 1.77. The van der Waals surface area contributed by atoms with E-state index in [1.807, 2.05) is 19.1 Å². The Morgan fingerprint density at radius 3 is 3.07 bits per heavy atom. The van der Waals surface area contributed by atoms with E-state index in [0.717, 1.165) is 22.4 Å². The molecule has 0 aromatic carbocycles. The smallest absolute Gasteiger partial charge is 0.157 e. The zero-order chi connectivity index (χ0) is 9.97. The number of thioether (sulfide) groups is 1. The van der Waals surface area contributed by atoms with Crippen LogP contribution in [0.3, 0.4) is 0 Å². The Bertz CT molecular complexity index is 346. The van der Waals surface area contributed by atoms with Crippen LogP contribution in [0.15, 0.2) is 21.5 Å². The first-order chi connectivity index (χ1) is 6.74. The van der Waals surface area contributed by atoms with Crippen molar-refractivity contribution in [3.8, 4) is 0 Å². The van der Waals surface area contributed by atoms with Gasteiger partial charge in [0.2, 0.25) is 0 Å². The van der Waals surface area contributed by atoms with Crippen LogP contribution in [0, 0.1) is 6.92 Å². The fourth-order valence-corrected chi connectivity index (χ4v) is 2.24. The van der Waals surface area contributed by atoms with E-state index in [2.05, 4.69) is 17.2 Å². The Labute approximate surface area is 88.0 Å².